The van der Waals surface area contributed by atoms with Gasteiger partial charge in [-0.05, 0) is 30.5 Å². The van der Waals surface area contributed by atoms with Crippen molar-refractivity contribution in [2.24, 2.45) is 0 Å². The van der Waals surface area contributed by atoms with Crippen LogP contribution in [0.4, 0.5) is 5.13 Å². The molecule has 5 nitrogen and oxygen atoms in total. The molecule has 0 fully saturated rings. The van der Waals surface area contributed by atoms with E-state index in [0.717, 1.165) is 27.8 Å². The second-order valence-electron chi connectivity index (χ2n) is 5.86. The number of nitrogens with one attached hydrogen (secondary N) is 1. The molecule has 7 heteroatoms. The van der Waals surface area contributed by atoms with Gasteiger partial charge in [-0.15, -0.1) is 10.2 Å². The van der Waals surface area contributed by atoms with Crippen LogP contribution in [0.1, 0.15) is 25.0 Å². The summed E-state index contributed by atoms with van der Waals surface area (Å²) >= 11 is 2.96. The van der Waals surface area contributed by atoms with Gasteiger partial charge in [0.15, 0.2) is 10.4 Å². The minimum atomic E-state index is -0.623. The maximum absolute atomic E-state index is 12.4. The molecule has 0 saturated heterocycles. The summed E-state index contributed by atoms with van der Waals surface area (Å²) in [4.78, 5) is 12.4. The summed E-state index contributed by atoms with van der Waals surface area (Å²) in [7, 11) is 0. The van der Waals surface area contributed by atoms with Crippen LogP contribution < -0.4 is 10.1 Å². The second kappa shape index (κ2) is 9.53. The normalized spacial score (nSPS) is 11.8. The van der Waals surface area contributed by atoms with Crippen LogP contribution in [-0.4, -0.2) is 22.2 Å². The first-order chi connectivity index (χ1) is 13.2. The SMILES string of the molecule is CCc1ccccc1OC(C)C(=O)Nc1nnc(SCc2ccccc2)s1. The highest BCUT2D eigenvalue weighted by atomic mass is 32.2. The highest BCUT2D eigenvalue weighted by Gasteiger charge is 2.18. The van der Waals surface area contributed by atoms with Gasteiger partial charge in [0.25, 0.3) is 5.91 Å². The fourth-order valence-electron chi connectivity index (χ4n) is 2.40. The minimum absolute atomic E-state index is 0.239. The molecule has 1 aromatic heterocycles. The third-order valence-electron chi connectivity index (χ3n) is 3.87. The Labute approximate surface area is 167 Å². The Morgan fingerprint density at radius 1 is 1.15 bits per heavy atom. The lowest BCUT2D eigenvalue weighted by molar-refractivity contribution is -0.122. The molecule has 1 amide bonds. The van der Waals surface area contributed by atoms with Crippen molar-refractivity contribution in [2.75, 3.05) is 5.32 Å². The number of hydrogen-bond acceptors (Lipinski definition) is 6. The molecule has 0 spiro atoms. The molecule has 3 aromatic rings. The van der Waals surface area contributed by atoms with Crippen LogP contribution in [0.15, 0.2) is 58.9 Å². The maximum Gasteiger partial charge on any atom is 0.266 e. The summed E-state index contributed by atoms with van der Waals surface area (Å²) in [5.74, 6) is 1.31. The monoisotopic (exact) mass is 399 g/mol. The van der Waals surface area contributed by atoms with Crippen molar-refractivity contribution in [3.8, 4) is 5.75 Å². The number of aryl methyl sites for hydroxylation is 1. The molecular formula is C20H21N3O2S2. The molecule has 1 unspecified atom stereocenters. The predicted molar refractivity (Wildman–Crippen MR) is 110 cm³/mol. The number of thioether (sulfide) groups is 1. The molecule has 27 heavy (non-hydrogen) atoms. The van der Waals surface area contributed by atoms with Gasteiger partial charge in [0.2, 0.25) is 5.13 Å². The standard InChI is InChI=1S/C20H21N3O2S2/c1-3-16-11-7-8-12-17(16)25-14(2)18(24)21-19-22-23-20(27-19)26-13-15-9-5-4-6-10-15/h4-12,14H,3,13H2,1-2H3,(H,21,22,24). The minimum Gasteiger partial charge on any atom is -0.481 e. The summed E-state index contributed by atoms with van der Waals surface area (Å²) in [5, 5.41) is 11.4. The number of anilines is 1. The first-order valence-electron chi connectivity index (χ1n) is 8.71. The zero-order valence-corrected chi connectivity index (χ0v) is 16.8. The third kappa shape index (κ3) is 5.55. The smallest absolute Gasteiger partial charge is 0.266 e. The molecule has 0 bridgehead atoms. The number of carbonyl (C=O) groups excluding carboxylic acids is 1. The number of ether oxygens (including phenoxy) is 1. The molecule has 0 aliphatic rings. The number of rotatable bonds is 8. The third-order valence-corrected chi connectivity index (χ3v) is 5.91. The Kier molecular flexibility index (Phi) is 6.84. The molecule has 0 aliphatic heterocycles. The summed E-state index contributed by atoms with van der Waals surface area (Å²) in [6, 6.07) is 17.9. The fraction of sp³-hybridized carbons (Fsp3) is 0.250. The molecular weight excluding hydrogens is 378 g/mol. The van der Waals surface area contributed by atoms with Gasteiger partial charge < -0.3 is 4.74 Å². The van der Waals surface area contributed by atoms with E-state index < -0.39 is 6.10 Å². The molecule has 0 aliphatic carbocycles. The number of nitrogens with zero attached hydrogens (tertiary/aromatic N) is 2. The number of benzene rings is 2. The number of carbonyl (C=O) groups is 1. The van der Waals surface area contributed by atoms with E-state index in [0.29, 0.717) is 5.13 Å². The predicted octanol–water partition coefficient (Wildman–Crippen LogP) is 4.80. The number of hydrogen-bond donors (Lipinski definition) is 1. The Hall–Kier alpha value is -2.38. The zero-order chi connectivity index (χ0) is 19.1. The highest BCUT2D eigenvalue weighted by molar-refractivity contribution is 8.00. The molecule has 1 heterocycles. The van der Waals surface area contributed by atoms with E-state index in [1.54, 1.807) is 18.7 Å². The van der Waals surface area contributed by atoms with Crippen molar-refractivity contribution in [3.05, 3.63) is 65.7 Å². The van der Waals surface area contributed by atoms with Gasteiger partial charge in [-0.3, -0.25) is 10.1 Å². The lowest BCUT2D eigenvalue weighted by Gasteiger charge is -2.15. The van der Waals surface area contributed by atoms with Crippen LogP contribution in [0.2, 0.25) is 0 Å². The summed E-state index contributed by atoms with van der Waals surface area (Å²) in [6.45, 7) is 3.79. The maximum atomic E-state index is 12.4. The van der Waals surface area contributed by atoms with Gasteiger partial charge in [-0.1, -0.05) is 78.6 Å². The summed E-state index contributed by atoms with van der Waals surface area (Å²) in [5.41, 5.74) is 2.30. The van der Waals surface area contributed by atoms with Crippen molar-refractivity contribution < 1.29 is 9.53 Å². The second-order valence-corrected chi connectivity index (χ2v) is 8.06. The van der Waals surface area contributed by atoms with E-state index in [-0.39, 0.29) is 5.91 Å². The first-order valence-corrected chi connectivity index (χ1v) is 10.5. The zero-order valence-electron chi connectivity index (χ0n) is 15.2. The Morgan fingerprint density at radius 3 is 2.67 bits per heavy atom. The molecule has 0 saturated carbocycles. The van der Waals surface area contributed by atoms with Crippen LogP contribution in [-0.2, 0) is 17.0 Å². The summed E-state index contributed by atoms with van der Waals surface area (Å²) < 4.78 is 6.64. The first kappa shape index (κ1) is 19.4. The van der Waals surface area contributed by atoms with E-state index in [9.17, 15) is 4.79 Å². The lowest BCUT2D eigenvalue weighted by Crippen LogP contribution is -2.30. The van der Waals surface area contributed by atoms with E-state index >= 15 is 0 Å². The van der Waals surface area contributed by atoms with Crippen molar-refractivity contribution in [3.63, 3.8) is 0 Å². The van der Waals surface area contributed by atoms with Gasteiger partial charge in [-0.2, -0.15) is 0 Å². The van der Waals surface area contributed by atoms with Crippen LogP contribution in [0, 0.1) is 0 Å². The highest BCUT2D eigenvalue weighted by Crippen LogP contribution is 2.28. The molecule has 1 atom stereocenters. The fourth-order valence-corrected chi connectivity index (χ4v) is 4.11. The Balaban J connectivity index is 1.54. The average molecular weight is 400 g/mol. The van der Waals surface area contributed by atoms with E-state index in [1.165, 1.54) is 16.9 Å². The van der Waals surface area contributed by atoms with Crippen LogP contribution >= 0.6 is 23.1 Å². The van der Waals surface area contributed by atoms with Crippen molar-refractivity contribution >= 4 is 34.1 Å². The average Bonchev–Trinajstić information content (AvgIpc) is 3.15. The van der Waals surface area contributed by atoms with Crippen LogP contribution in [0.5, 0.6) is 5.75 Å². The lowest BCUT2D eigenvalue weighted by atomic mass is 10.1. The van der Waals surface area contributed by atoms with Crippen LogP contribution in [0.3, 0.4) is 0 Å². The van der Waals surface area contributed by atoms with Gasteiger partial charge in [-0.25, -0.2) is 0 Å². The van der Waals surface area contributed by atoms with Gasteiger partial charge in [0.1, 0.15) is 5.75 Å². The number of aromatic nitrogens is 2. The largest absolute Gasteiger partial charge is 0.481 e. The van der Waals surface area contributed by atoms with Crippen molar-refractivity contribution in [2.45, 2.75) is 36.5 Å². The van der Waals surface area contributed by atoms with Crippen molar-refractivity contribution in [1.82, 2.24) is 10.2 Å². The summed E-state index contributed by atoms with van der Waals surface area (Å²) in [6.07, 6.45) is 0.227. The van der Waals surface area contributed by atoms with E-state index in [4.69, 9.17) is 4.74 Å². The molecule has 0 radical (unpaired) electrons. The number of para-hydroxylation sites is 1. The van der Waals surface area contributed by atoms with E-state index in [2.05, 4.69) is 34.6 Å². The van der Waals surface area contributed by atoms with E-state index in [1.807, 2.05) is 42.5 Å². The Morgan fingerprint density at radius 2 is 1.89 bits per heavy atom. The molecule has 1 N–H and O–H groups in total. The molecule has 140 valence electrons. The topological polar surface area (TPSA) is 64.1 Å². The molecule has 2 aromatic carbocycles. The van der Waals surface area contributed by atoms with Crippen LogP contribution in [0.25, 0.3) is 0 Å². The number of amides is 1. The molecule has 3 rings (SSSR count). The van der Waals surface area contributed by atoms with Gasteiger partial charge in [0, 0.05) is 5.75 Å². The van der Waals surface area contributed by atoms with Gasteiger partial charge >= 0.3 is 0 Å². The Bertz CT molecular complexity index is 884. The quantitative estimate of drug-likeness (QED) is 0.435. The van der Waals surface area contributed by atoms with Crippen molar-refractivity contribution in [1.29, 1.82) is 0 Å². The van der Waals surface area contributed by atoms with Gasteiger partial charge in [0.05, 0.1) is 0 Å².